The molecule has 4 nitrogen and oxygen atoms in total. The Bertz CT molecular complexity index is 1620. The number of fused-ring (bicyclic) bond motifs is 3. The van der Waals surface area contributed by atoms with Gasteiger partial charge in [-0.1, -0.05) is 48.5 Å². The van der Waals surface area contributed by atoms with Crippen molar-refractivity contribution >= 4 is 0 Å². The highest BCUT2D eigenvalue weighted by molar-refractivity contribution is 5.83. The van der Waals surface area contributed by atoms with Crippen molar-refractivity contribution in [1.29, 1.82) is 0 Å². The molecule has 0 atom stereocenters. The molecule has 0 saturated carbocycles. The van der Waals surface area contributed by atoms with E-state index in [1.165, 1.54) is 6.07 Å². The molecular formula is C32H23F3N2O2. The van der Waals surface area contributed by atoms with E-state index in [4.69, 9.17) is 19.4 Å². The number of ether oxygens (including phenoxy) is 2. The second-order valence-electron chi connectivity index (χ2n) is 9.28. The number of methoxy groups -OCH3 is 2. The van der Waals surface area contributed by atoms with Crippen LogP contribution in [-0.2, 0) is 11.6 Å². The zero-order valence-electron chi connectivity index (χ0n) is 21.2. The molecule has 1 aliphatic carbocycles. The summed E-state index contributed by atoms with van der Waals surface area (Å²) in [6, 6.07) is 28.6. The summed E-state index contributed by atoms with van der Waals surface area (Å²) in [5.41, 5.74) is 4.45. The Morgan fingerprint density at radius 2 is 1.28 bits per heavy atom. The van der Waals surface area contributed by atoms with Gasteiger partial charge in [0.1, 0.15) is 11.5 Å². The third-order valence-electron chi connectivity index (χ3n) is 7.27. The van der Waals surface area contributed by atoms with E-state index < -0.39 is 17.2 Å². The van der Waals surface area contributed by atoms with Crippen molar-refractivity contribution in [3.8, 4) is 34.1 Å². The largest absolute Gasteiger partial charge is 0.497 e. The molecule has 0 unspecified atom stereocenters. The van der Waals surface area contributed by atoms with Gasteiger partial charge in [0.05, 0.1) is 42.3 Å². The van der Waals surface area contributed by atoms with Crippen LogP contribution in [-0.4, -0.2) is 24.2 Å². The maximum atomic E-state index is 13.4. The summed E-state index contributed by atoms with van der Waals surface area (Å²) in [7, 11) is 3.25. The lowest BCUT2D eigenvalue weighted by atomic mass is 9.68. The highest BCUT2D eigenvalue weighted by atomic mass is 19.4. The van der Waals surface area contributed by atoms with Crippen LogP contribution in [0.2, 0.25) is 0 Å². The average Bonchev–Trinajstić information content (AvgIpc) is 3.27. The molecule has 2 heterocycles. The van der Waals surface area contributed by atoms with Crippen LogP contribution < -0.4 is 9.47 Å². The number of pyridine rings is 2. The van der Waals surface area contributed by atoms with Crippen molar-refractivity contribution in [3.63, 3.8) is 0 Å². The molecule has 0 saturated heterocycles. The Morgan fingerprint density at radius 1 is 0.667 bits per heavy atom. The second kappa shape index (κ2) is 9.27. The summed E-state index contributed by atoms with van der Waals surface area (Å²) in [5.74, 6) is 1.46. The summed E-state index contributed by atoms with van der Waals surface area (Å²) in [6.45, 7) is 0. The van der Waals surface area contributed by atoms with Gasteiger partial charge in [0, 0.05) is 11.8 Å². The Hall–Kier alpha value is -4.65. The normalized spacial score (nSPS) is 13.5. The fourth-order valence-corrected chi connectivity index (χ4v) is 5.47. The number of rotatable bonds is 5. The molecule has 3 aromatic carbocycles. The molecule has 194 valence electrons. The van der Waals surface area contributed by atoms with E-state index in [-0.39, 0.29) is 0 Å². The van der Waals surface area contributed by atoms with Crippen LogP contribution >= 0.6 is 0 Å². The molecule has 7 heteroatoms. The minimum Gasteiger partial charge on any atom is -0.497 e. The highest BCUT2D eigenvalue weighted by Crippen LogP contribution is 2.55. The maximum Gasteiger partial charge on any atom is 0.416 e. The SMILES string of the molecule is COc1ccc(C2(c3ccc(OC)cc3)c3cccnc3-c3nc(-c4cccc(C(F)(F)F)c4)ccc32)cc1. The maximum absolute atomic E-state index is 13.4. The van der Waals surface area contributed by atoms with Crippen LogP contribution in [0.25, 0.3) is 22.6 Å². The molecule has 5 aromatic rings. The van der Waals surface area contributed by atoms with Crippen LogP contribution in [0.3, 0.4) is 0 Å². The van der Waals surface area contributed by atoms with Crippen molar-refractivity contribution < 1.29 is 22.6 Å². The van der Waals surface area contributed by atoms with Gasteiger partial charge >= 0.3 is 6.18 Å². The van der Waals surface area contributed by atoms with Gasteiger partial charge in [0.15, 0.2) is 0 Å². The van der Waals surface area contributed by atoms with Gasteiger partial charge in [-0.05, 0) is 70.8 Å². The molecule has 0 radical (unpaired) electrons. The first kappa shape index (κ1) is 24.7. The summed E-state index contributed by atoms with van der Waals surface area (Å²) < 4.78 is 51.1. The van der Waals surface area contributed by atoms with E-state index in [0.717, 1.165) is 45.9 Å². The molecule has 0 N–H and O–H groups in total. The Labute approximate surface area is 223 Å². The van der Waals surface area contributed by atoms with E-state index in [2.05, 4.69) is 0 Å². The summed E-state index contributed by atoms with van der Waals surface area (Å²) in [6.07, 6.45) is -2.74. The highest BCUT2D eigenvalue weighted by Gasteiger charge is 2.48. The van der Waals surface area contributed by atoms with Crippen LogP contribution in [0.4, 0.5) is 13.2 Å². The monoisotopic (exact) mass is 524 g/mol. The lowest BCUT2D eigenvalue weighted by molar-refractivity contribution is -0.137. The number of hydrogen-bond acceptors (Lipinski definition) is 4. The Kier molecular flexibility index (Phi) is 5.87. The number of halogens is 3. The van der Waals surface area contributed by atoms with E-state index in [9.17, 15) is 13.2 Å². The zero-order chi connectivity index (χ0) is 27.2. The molecule has 0 spiro atoms. The van der Waals surface area contributed by atoms with Crippen LogP contribution in [0.1, 0.15) is 27.8 Å². The van der Waals surface area contributed by atoms with E-state index in [1.54, 1.807) is 32.5 Å². The van der Waals surface area contributed by atoms with E-state index in [1.807, 2.05) is 66.7 Å². The van der Waals surface area contributed by atoms with Crippen molar-refractivity contribution in [3.05, 3.63) is 131 Å². The van der Waals surface area contributed by atoms with Crippen molar-refractivity contribution in [1.82, 2.24) is 9.97 Å². The molecule has 0 aliphatic heterocycles. The molecule has 0 bridgehead atoms. The standard InChI is InChI=1S/C32H23F3N2O2/c1-38-24-12-8-21(9-13-24)31(22-10-14-25(39-2)15-11-22)26-7-4-18-36-29(26)30-27(31)16-17-28(37-30)20-5-3-6-23(19-20)32(33,34)35/h3-19H,1-2H3. The molecule has 0 amide bonds. The van der Waals surface area contributed by atoms with Crippen molar-refractivity contribution in [2.24, 2.45) is 0 Å². The predicted octanol–water partition coefficient (Wildman–Crippen LogP) is 7.54. The third kappa shape index (κ3) is 3.93. The smallest absolute Gasteiger partial charge is 0.416 e. The average molecular weight is 525 g/mol. The zero-order valence-corrected chi connectivity index (χ0v) is 21.2. The summed E-state index contributed by atoms with van der Waals surface area (Å²) >= 11 is 0. The van der Waals surface area contributed by atoms with E-state index in [0.29, 0.717) is 22.6 Å². The van der Waals surface area contributed by atoms with Gasteiger partial charge in [-0.2, -0.15) is 13.2 Å². The van der Waals surface area contributed by atoms with Gasteiger partial charge < -0.3 is 9.47 Å². The van der Waals surface area contributed by atoms with Gasteiger partial charge in [-0.25, -0.2) is 4.98 Å². The molecule has 1 aliphatic rings. The summed E-state index contributed by atoms with van der Waals surface area (Å²) in [5, 5.41) is 0. The fraction of sp³-hybridized carbons (Fsp3) is 0.125. The Morgan fingerprint density at radius 3 is 1.87 bits per heavy atom. The number of hydrogen-bond donors (Lipinski definition) is 0. The van der Waals surface area contributed by atoms with Crippen LogP contribution in [0.5, 0.6) is 11.5 Å². The van der Waals surface area contributed by atoms with Gasteiger partial charge in [0.25, 0.3) is 0 Å². The van der Waals surface area contributed by atoms with Crippen molar-refractivity contribution in [2.45, 2.75) is 11.6 Å². The fourth-order valence-electron chi connectivity index (χ4n) is 5.47. The number of aromatic nitrogens is 2. The van der Waals surface area contributed by atoms with Gasteiger partial charge in [-0.15, -0.1) is 0 Å². The van der Waals surface area contributed by atoms with E-state index >= 15 is 0 Å². The quantitative estimate of drug-likeness (QED) is 0.234. The molecule has 2 aromatic heterocycles. The first-order valence-electron chi connectivity index (χ1n) is 12.3. The van der Waals surface area contributed by atoms with Crippen molar-refractivity contribution in [2.75, 3.05) is 14.2 Å². The van der Waals surface area contributed by atoms with Gasteiger partial charge in [0.2, 0.25) is 0 Å². The Balaban J connectivity index is 1.63. The third-order valence-corrected chi connectivity index (χ3v) is 7.27. The number of benzene rings is 3. The topological polar surface area (TPSA) is 44.2 Å². The molecule has 0 fully saturated rings. The molecular weight excluding hydrogens is 501 g/mol. The number of nitrogens with zero attached hydrogens (tertiary/aromatic N) is 2. The minimum atomic E-state index is -4.45. The first-order chi connectivity index (χ1) is 18.9. The van der Waals surface area contributed by atoms with Crippen LogP contribution in [0.15, 0.2) is 103 Å². The van der Waals surface area contributed by atoms with Gasteiger partial charge in [-0.3, -0.25) is 4.98 Å². The molecule has 39 heavy (non-hydrogen) atoms. The summed E-state index contributed by atoms with van der Waals surface area (Å²) in [4.78, 5) is 9.64. The lowest BCUT2D eigenvalue weighted by Gasteiger charge is -2.33. The number of alkyl halides is 3. The minimum absolute atomic E-state index is 0.386. The predicted molar refractivity (Wildman–Crippen MR) is 143 cm³/mol. The first-order valence-corrected chi connectivity index (χ1v) is 12.3. The lowest BCUT2D eigenvalue weighted by Crippen LogP contribution is -2.28. The molecule has 6 rings (SSSR count). The van der Waals surface area contributed by atoms with Crippen LogP contribution in [0, 0.1) is 0 Å². The second-order valence-corrected chi connectivity index (χ2v) is 9.28.